The van der Waals surface area contributed by atoms with Crippen LogP contribution in [0, 0.1) is 0 Å². The highest BCUT2D eigenvalue weighted by Crippen LogP contribution is 2.29. The third-order valence-corrected chi connectivity index (χ3v) is 3.79. The van der Waals surface area contributed by atoms with Gasteiger partial charge in [0.25, 0.3) is 0 Å². The number of benzene rings is 1. The first-order chi connectivity index (χ1) is 10.7. The number of aromatic nitrogens is 2. The Morgan fingerprint density at radius 1 is 1.41 bits per heavy atom. The molecular weight excluding hydrogens is 282 g/mol. The summed E-state index contributed by atoms with van der Waals surface area (Å²) < 4.78 is 5.57. The monoisotopic (exact) mass is 301 g/mol. The summed E-state index contributed by atoms with van der Waals surface area (Å²) in [7, 11) is 0. The van der Waals surface area contributed by atoms with E-state index in [1.807, 2.05) is 24.3 Å². The van der Waals surface area contributed by atoms with Gasteiger partial charge in [0.05, 0.1) is 24.7 Å². The SMILES string of the molecule is CCCOc1ccc([C@H]2N[C@H](C(=O)O)Cc3[nH]cnc32)cc1. The smallest absolute Gasteiger partial charge is 0.321 e. The summed E-state index contributed by atoms with van der Waals surface area (Å²) in [6.45, 7) is 2.75. The number of carboxylic acids is 1. The Morgan fingerprint density at radius 3 is 2.86 bits per heavy atom. The lowest BCUT2D eigenvalue weighted by Gasteiger charge is -2.28. The quantitative estimate of drug-likeness (QED) is 0.785. The zero-order valence-corrected chi connectivity index (χ0v) is 12.4. The summed E-state index contributed by atoms with van der Waals surface area (Å²) in [5.74, 6) is -0.0356. The Labute approximate surface area is 128 Å². The third kappa shape index (κ3) is 2.82. The second-order valence-corrected chi connectivity index (χ2v) is 5.38. The van der Waals surface area contributed by atoms with Crippen LogP contribution < -0.4 is 10.1 Å². The van der Waals surface area contributed by atoms with Gasteiger partial charge in [-0.2, -0.15) is 0 Å². The van der Waals surface area contributed by atoms with Crippen molar-refractivity contribution in [3.8, 4) is 5.75 Å². The predicted molar refractivity (Wildman–Crippen MR) is 80.9 cm³/mol. The maximum atomic E-state index is 11.3. The molecule has 2 atom stereocenters. The summed E-state index contributed by atoms with van der Waals surface area (Å²) in [6, 6.07) is 6.87. The number of rotatable bonds is 5. The molecule has 2 aromatic rings. The maximum Gasteiger partial charge on any atom is 0.321 e. The number of hydrogen-bond donors (Lipinski definition) is 3. The van der Waals surface area contributed by atoms with Crippen LogP contribution in [0.5, 0.6) is 5.75 Å². The minimum Gasteiger partial charge on any atom is -0.494 e. The van der Waals surface area contributed by atoms with E-state index in [-0.39, 0.29) is 6.04 Å². The Hall–Kier alpha value is -2.34. The van der Waals surface area contributed by atoms with Crippen LogP contribution in [0.2, 0.25) is 0 Å². The fourth-order valence-electron chi connectivity index (χ4n) is 2.68. The molecule has 3 N–H and O–H groups in total. The van der Waals surface area contributed by atoms with Crippen molar-refractivity contribution >= 4 is 5.97 Å². The summed E-state index contributed by atoms with van der Waals surface area (Å²) in [4.78, 5) is 18.7. The molecule has 6 nitrogen and oxygen atoms in total. The number of carbonyl (C=O) groups is 1. The number of imidazole rings is 1. The highest BCUT2D eigenvalue weighted by atomic mass is 16.5. The first-order valence-electron chi connectivity index (χ1n) is 7.42. The second-order valence-electron chi connectivity index (χ2n) is 5.38. The van der Waals surface area contributed by atoms with Gasteiger partial charge >= 0.3 is 5.97 Å². The molecule has 22 heavy (non-hydrogen) atoms. The third-order valence-electron chi connectivity index (χ3n) is 3.79. The van der Waals surface area contributed by atoms with Gasteiger partial charge in [0.15, 0.2) is 0 Å². The fraction of sp³-hybridized carbons (Fsp3) is 0.375. The summed E-state index contributed by atoms with van der Waals surface area (Å²) in [5.41, 5.74) is 2.71. The Balaban J connectivity index is 1.85. The first-order valence-corrected chi connectivity index (χ1v) is 7.42. The molecule has 0 fully saturated rings. The van der Waals surface area contributed by atoms with Gasteiger partial charge in [0.1, 0.15) is 11.8 Å². The van der Waals surface area contributed by atoms with Gasteiger partial charge < -0.3 is 14.8 Å². The van der Waals surface area contributed by atoms with E-state index in [1.54, 1.807) is 6.33 Å². The second kappa shape index (κ2) is 6.19. The van der Waals surface area contributed by atoms with Gasteiger partial charge in [0.2, 0.25) is 0 Å². The molecule has 1 aliphatic rings. The summed E-state index contributed by atoms with van der Waals surface area (Å²) in [5, 5.41) is 12.4. The van der Waals surface area contributed by atoms with Crippen LogP contribution in [0.3, 0.4) is 0 Å². The van der Waals surface area contributed by atoms with Crippen molar-refractivity contribution in [3.63, 3.8) is 0 Å². The number of ether oxygens (including phenoxy) is 1. The molecule has 0 saturated heterocycles. The minimum absolute atomic E-state index is 0.226. The molecule has 3 rings (SSSR count). The maximum absolute atomic E-state index is 11.3. The van der Waals surface area contributed by atoms with Gasteiger partial charge in [-0.25, -0.2) is 4.98 Å². The molecule has 0 spiro atoms. The number of nitrogens with one attached hydrogen (secondary N) is 2. The normalized spacial score (nSPS) is 20.4. The number of aromatic amines is 1. The molecule has 2 heterocycles. The number of nitrogens with zero attached hydrogens (tertiary/aromatic N) is 1. The van der Waals surface area contributed by atoms with Gasteiger partial charge in [-0.1, -0.05) is 19.1 Å². The van der Waals surface area contributed by atoms with E-state index in [0.717, 1.165) is 29.1 Å². The Kier molecular flexibility index (Phi) is 4.11. The number of carboxylic acid groups (broad SMARTS) is 1. The minimum atomic E-state index is -0.854. The van der Waals surface area contributed by atoms with Crippen LogP contribution in [0.25, 0.3) is 0 Å². The molecule has 6 heteroatoms. The summed E-state index contributed by atoms with van der Waals surface area (Å²) >= 11 is 0. The van der Waals surface area contributed by atoms with E-state index < -0.39 is 12.0 Å². The van der Waals surface area contributed by atoms with E-state index in [2.05, 4.69) is 22.2 Å². The van der Waals surface area contributed by atoms with Crippen LogP contribution in [0.1, 0.15) is 36.3 Å². The molecule has 1 aliphatic heterocycles. The highest BCUT2D eigenvalue weighted by molar-refractivity contribution is 5.74. The Bertz CT molecular complexity index is 651. The number of aliphatic carboxylic acids is 1. The molecule has 0 aliphatic carbocycles. The van der Waals surface area contributed by atoms with E-state index in [9.17, 15) is 9.90 Å². The van der Waals surface area contributed by atoms with Gasteiger partial charge in [-0.15, -0.1) is 0 Å². The number of fused-ring (bicyclic) bond motifs is 1. The lowest BCUT2D eigenvalue weighted by atomic mass is 9.94. The molecule has 0 amide bonds. The molecule has 0 unspecified atom stereocenters. The van der Waals surface area contributed by atoms with Crippen molar-refractivity contribution in [1.29, 1.82) is 0 Å². The van der Waals surface area contributed by atoms with Crippen LogP contribution in [0.4, 0.5) is 0 Å². The van der Waals surface area contributed by atoms with Crippen molar-refractivity contribution in [2.75, 3.05) is 6.61 Å². The molecular formula is C16H19N3O3. The van der Waals surface area contributed by atoms with Crippen molar-refractivity contribution < 1.29 is 14.6 Å². The van der Waals surface area contributed by atoms with Crippen molar-refractivity contribution in [3.05, 3.63) is 47.5 Å². The average Bonchev–Trinajstić information content (AvgIpc) is 3.01. The van der Waals surface area contributed by atoms with Crippen molar-refractivity contribution in [2.24, 2.45) is 0 Å². The Morgan fingerprint density at radius 2 is 2.18 bits per heavy atom. The van der Waals surface area contributed by atoms with Crippen LogP contribution in [0.15, 0.2) is 30.6 Å². The lowest BCUT2D eigenvalue weighted by Crippen LogP contribution is -2.45. The van der Waals surface area contributed by atoms with E-state index in [4.69, 9.17) is 4.74 Å². The largest absolute Gasteiger partial charge is 0.494 e. The summed E-state index contributed by atoms with van der Waals surface area (Å²) in [6.07, 6.45) is 2.99. The molecule has 116 valence electrons. The number of hydrogen-bond acceptors (Lipinski definition) is 4. The van der Waals surface area contributed by atoms with Gasteiger partial charge in [0, 0.05) is 12.1 Å². The fourth-order valence-corrected chi connectivity index (χ4v) is 2.68. The average molecular weight is 301 g/mol. The first kappa shape index (κ1) is 14.6. The van der Waals surface area contributed by atoms with E-state index >= 15 is 0 Å². The van der Waals surface area contributed by atoms with Gasteiger partial charge in [-0.3, -0.25) is 10.1 Å². The molecule has 0 radical (unpaired) electrons. The van der Waals surface area contributed by atoms with E-state index in [1.165, 1.54) is 0 Å². The molecule has 1 aromatic heterocycles. The zero-order chi connectivity index (χ0) is 15.5. The topological polar surface area (TPSA) is 87.2 Å². The van der Waals surface area contributed by atoms with E-state index in [0.29, 0.717) is 13.0 Å². The van der Waals surface area contributed by atoms with Crippen LogP contribution in [-0.4, -0.2) is 33.7 Å². The van der Waals surface area contributed by atoms with Crippen LogP contribution >= 0.6 is 0 Å². The van der Waals surface area contributed by atoms with Crippen molar-refractivity contribution in [2.45, 2.75) is 31.8 Å². The lowest BCUT2D eigenvalue weighted by molar-refractivity contribution is -0.139. The number of H-pyrrole nitrogens is 1. The van der Waals surface area contributed by atoms with Crippen LogP contribution in [-0.2, 0) is 11.2 Å². The standard InChI is InChI=1S/C16H19N3O3/c1-2-7-22-11-5-3-10(4-6-11)14-15-12(17-9-18-15)8-13(19-14)16(20)21/h3-6,9,13-14,19H,2,7-8H2,1H3,(H,17,18)(H,20,21)/t13-,14+/m0/s1. The van der Waals surface area contributed by atoms with Crippen molar-refractivity contribution in [1.82, 2.24) is 15.3 Å². The predicted octanol–water partition coefficient (Wildman–Crippen LogP) is 1.89. The zero-order valence-electron chi connectivity index (χ0n) is 12.4. The highest BCUT2D eigenvalue weighted by Gasteiger charge is 2.33. The molecule has 0 saturated carbocycles. The molecule has 1 aromatic carbocycles. The molecule has 0 bridgehead atoms. The van der Waals surface area contributed by atoms with Gasteiger partial charge in [-0.05, 0) is 24.1 Å².